The lowest BCUT2D eigenvalue weighted by Gasteiger charge is -2.24. The first-order valence-corrected chi connectivity index (χ1v) is 11.4. The van der Waals surface area contributed by atoms with Gasteiger partial charge in [0.05, 0.1) is 11.8 Å². The van der Waals surface area contributed by atoms with Crippen molar-refractivity contribution in [2.24, 2.45) is 0 Å². The summed E-state index contributed by atoms with van der Waals surface area (Å²) in [6.07, 6.45) is 4.06. The summed E-state index contributed by atoms with van der Waals surface area (Å²) >= 11 is 0. The molecule has 2 saturated carbocycles. The Morgan fingerprint density at radius 2 is 1.82 bits per heavy atom. The van der Waals surface area contributed by atoms with Gasteiger partial charge in [0, 0.05) is 13.1 Å². The van der Waals surface area contributed by atoms with Gasteiger partial charge in [0.25, 0.3) is 0 Å². The third kappa shape index (κ3) is 5.59. The largest absolute Gasteiger partial charge is 0.488 e. The Balaban J connectivity index is 1.49. The molecule has 2 aliphatic carbocycles. The van der Waals surface area contributed by atoms with Crippen LogP contribution >= 0.6 is 0 Å². The molecule has 0 saturated heterocycles. The highest BCUT2D eigenvalue weighted by molar-refractivity contribution is 5.68. The summed E-state index contributed by atoms with van der Waals surface area (Å²) in [5, 5.41) is 0. The van der Waals surface area contributed by atoms with E-state index in [1.807, 2.05) is 0 Å². The van der Waals surface area contributed by atoms with Crippen LogP contribution < -0.4 is 4.74 Å². The van der Waals surface area contributed by atoms with Gasteiger partial charge in [-0.25, -0.2) is 14.8 Å². The van der Waals surface area contributed by atoms with Crippen LogP contribution in [0.1, 0.15) is 69.2 Å². The molecule has 0 N–H and O–H groups in total. The number of carbonyl (C=O) groups excluding carboxylic acids is 1. The van der Waals surface area contributed by atoms with Crippen LogP contribution in [0.5, 0.6) is 5.75 Å². The van der Waals surface area contributed by atoms with Gasteiger partial charge in [-0.05, 0) is 50.7 Å². The van der Waals surface area contributed by atoms with Crippen LogP contribution in [0.2, 0.25) is 0 Å². The lowest BCUT2D eigenvalue weighted by atomic mass is 9.98. The predicted octanol–water partition coefficient (Wildman–Crippen LogP) is 5.98. The van der Waals surface area contributed by atoms with E-state index in [0.717, 1.165) is 64.2 Å². The highest BCUT2D eigenvalue weighted by atomic mass is 19.4. The Bertz CT molecular complexity index is 951. The molecule has 33 heavy (non-hydrogen) atoms. The van der Waals surface area contributed by atoms with Crippen molar-refractivity contribution < 1.29 is 31.9 Å². The Hall–Kier alpha value is -2.78. The number of pyridine rings is 1. The summed E-state index contributed by atoms with van der Waals surface area (Å²) < 4.78 is 57.5. The quantitative estimate of drug-likeness (QED) is 0.520. The van der Waals surface area contributed by atoms with Gasteiger partial charge in [-0.15, -0.1) is 0 Å². The molecule has 2 aromatic rings. The number of halogens is 3. The van der Waals surface area contributed by atoms with E-state index in [1.165, 1.54) is 12.1 Å². The first kappa shape index (κ1) is 23.4. The number of hydrogen-bond acceptors (Lipinski definition) is 6. The van der Waals surface area contributed by atoms with Gasteiger partial charge in [-0.1, -0.05) is 19.3 Å². The van der Waals surface area contributed by atoms with Crippen LogP contribution in [-0.2, 0) is 17.5 Å². The summed E-state index contributed by atoms with van der Waals surface area (Å²) in [5.41, 5.74) is -1.03. The van der Waals surface area contributed by atoms with Crippen molar-refractivity contribution in [3.05, 3.63) is 30.0 Å². The second-order valence-corrected chi connectivity index (χ2v) is 8.65. The van der Waals surface area contributed by atoms with Crippen molar-refractivity contribution in [3.8, 4) is 17.1 Å². The number of nitrogens with zero attached hydrogens (tertiary/aromatic N) is 3. The molecule has 0 aliphatic heterocycles. The predicted molar refractivity (Wildman–Crippen MR) is 112 cm³/mol. The highest BCUT2D eigenvalue weighted by Crippen LogP contribution is 2.38. The molecular weight excluding hydrogens is 439 g/mol. The molecule has 2 aliphatic rings. The minimum atomic E-state index is -4.69. The van der Waals surface area contributed by atoms with E-state index in [9.17, 15) is 18.0 Å². The lowest BCUT2D eigenvalue weighted by Crippen LogP contribution is -2.35. The van der Waals surface area contributed by atoms with E-state index >= 15 is 0 Å². The Morgan fingerprint density at radius 1 is 1.12 bits per heavy atom. The van der Waals surface area contributed by atoms with Crippen LogP contribution in [0.4, 0.5) is 18.0 Å². The molecule has 0 aromatic carbocycles. The maximum Gasteiger partial charge on any atom is 0.437 e. The number of ether oxygens (including phenoxy) is 2. The molecule has 7 nitrogen and oxygen atoms in total. The molecule has 2 heterocycles. The van der Waals surface area contributed by atoms with E-state index in [4.69, 9.17) is 13.9 Å². The average Bonchev–Trinajstić information content (AvgIpc) is 3.49. The van der Waals surface area contributed by atoms with Crippen LogP contribution in [0.3, 0.4) is 0 Å². The minimum absolute atomic E-state index is 0.0257. The third-order valence-electron chi connectivity index (χ3n) is 6.34. The van der Waals surface area contributed by atoms with Crippen LogP contribution in [0.15, 0.2) is 22.9 Å². The Kier molecular flexibility index (Phi) is 7.09. The topological polar surface area (TPSA) is 77.7 Å². The zero-order chi connectivity index (χ0) is 23.4. The summed E-state index contributed by atoms with van der Waals surface area (Å²) in [6, 6.07) is 2.83. The van der Waals surface area contributed by atoms with Crippen molar-refractivity contribution in [1.82, 2.24) is 14.9 Å². The lowest BCUT2D eigenvalue weighted by molar-refractivity contribution is -0.143. The van der Waals surface area contributed by atoms with Crippen molar-refractivity contribution in [2.45, 2.75) is 82.7 Å². The number of alkyl halides is 3. The molecule has 4 rings (SSSR count). The average molecular weight is 467 g/mol. The third-order valence-corrected chi connectivity index (χ3v) is 6.34. The van der Waals surface area contributed by atoms with Gasteiger partial charge in [0.15, 0.2) is 30.2 Å². The smallest absolute Gasteiger partial charge is 0.437 e. The molecule has 0 unspecified atom stereocenters. The van der Waals surface area contributed by atoms with E-state index in [2.05, 4.69) is 9.97 Å². The minimum Gasteiger partial charge on any atom is -0.488 e. The monoisotopic (exact) mass is 467 g/mol. The fourth-order valence-electron chi connectivity index (χ4n) is 4.49. The van der Waals surface area contributed by atoms with Crippen molar-refractivity contribution in [3.63, 3.8) is 0 Å². The van der Waals surface area contributed by atoms with Crippen molar-refractivity contribution in [1.29, 1.82) is 0 Å². The van der Waals surface area contributed by atoms with Crippen LogP contribution in [0.25, 0.3) is 11.4 Å². The molecule has 0 radical (unpaired) electrons. The summed E-state index contributed by atoms with van der Waals surface area (Å²) in [6.45, 7) is -0.255. The standard InChI is InChI=1S/C23H28F3N3O4/c1-29(15-7-5-6-8-15)22(30)31-13-19-20(27-14-32-19)17-11-12-18(21(28-17)23(24,25)26)33-16-9-3-2-4-10-16/h11-12,14-16H,2-10,13H2,1H3. The normalized spacial score (nSPS) is 17.8. The molecule has 0 spiro atoms. The zero-order valence-corrected chi connectivity index (χ0v) is 18.6. The van der Waals surface area contributed by atoms with Crippen molar-refractivity contribution in [2.75, 3.05) is 7.05 Å². The van der Waals surface area contributed by atoms with Crippen LogP contribution in [-0.4, -0.2) is 40.2 Å². The Labute approximate surface area is 190 Å². The summed E-state index contributed by atoms with van der Waals surface area (Å²) in [4.78, 5) is 21.7. The summed E-state index contributed by atoms with van der Waals surface area (Å²) in [7, 11) is 1.68. The maximum atomic E-state index is 13.8. The number of oxazole rings is 1. The zero-order valence-electron chi connectivity index (χ0n) is 18.6. The second-order valence-electron chi connectivity index (χ2n) is 8.65. The fourth-order valence-corrected chi connectivity index (χ4v) is 4.49. The maximum absolute atomic E-state index is 13.8. The van der Waals surface area contributed by atoms with Gasteiger partial charge >= 0.3 is 12.3 Å². The number of hydrogen-bond donors (Lipinski definition) is 0. The molecule has 10 heteroatoms. The molecule has 2 aromatic heterocycles. The number of aromatic nitrogens is 2. The fraction of sp³-hybridized carbons (Fsp3) is 0.609. The molecule has 0 bridgehead atoms. The van der Waals surface area contributed by atoms with Gasteiger partial charge in [-0.2, -0.15) is 13.2 Å². The first-order valence-electron chi connectivity index (χ1n) is 11.4. The summed E-state index contributed by atoms with van der Waals surface area (Å²) in [5.74, 6) is -0.155. The van der Waals surface area contributed by atoms with E-state index in [-0.39, 0.29) is 41.7 Å². The van der Waals surface area contributed by atoms with Gasteiger partial charge in [-0.3, -0.25) is 0 Å². The first-order chi connectivity index (χ1) is 15.8. The molecule has 0 atom stereocenters. The SMILES string of the molecule is CN(C(=O)OCc1ocnc1-c1ccc(OC2CCCCC2)c(C(F)(F)F)n1)C1CCCC1. The second kappa shape index (κ2) is 10.0. The van der Waals surface area contributed by atoms with Crippen molar-refractivity contribution >= 4 is 6.09 Å². The Morgan fingerprint density at radius 3 is 2.52 bits per heavy atom. The molecule has 1 amide bonds. The van der Waals surface area contributed by atoms with E-state index in [0.29, 0.717) is 0 Å². The molecular formula is C23H28F3N3O4. The molecule has 180 valence electrons. The number of carbonyl (C=O) groups is 1. The van der Waals surface area contributed by atoms with Crippen LogP contribution in [0, 0.1) is 0 Å². The molecule has 2 fully saturated rings. The highest BCUT2D eigenvalue weighted by Gasteiger charge is 2.38. The van der Waals surface area contributed by atoms with Gasteiger partial charge < -0.3 is 18.8 Å². The van der Waals surface area contributed by atoms with E-state index in [1.54, 1.807) is 11.9 Å². The number of amides is 1. The van der Waals surface area contributed by atoms with E-state index < -0.39 is 18.0 Å². The van der Waals surface area contributed by atoms with Gasteiger partial charge in [0.1, 0.15) is 5.69 Å². The van der Waals surface area contributed by atoms with Gasteiger partial charge in [0.2, 0.25) is 0 Å². The number of rotatable bonds is 6.